The number of nitro benzene ring substituents is 1. The maximum absolute atomic E-state index is 13.4. The van der Waals surface area contributed by atoms with Gasteiger partial charge in [0.15, 0.2) is 5.82 Å². The highest BCUT2D eigenvalue weighted by molar-refractivity contribution is 5.44. The molecule has 1 aromatic carbocycles. The predicted octanol–water partition coefficient (Wildman–Crippen LogP) is 2.98. The minimum atomic E-state index is -1.50. The highest BCUT2D eigenvalue weighted by atomic mass is 19.2. The molecule has 0 N–H and O–H groups in total. The van der Waals surface area contributed by atoms with E-state index in [1.807, 2.05) is 0 Å². The molecule has 19 heavy (non-hydrogen) atoms. The van der Waals surface area contributed by atoms with Crippen molar-refractivity contribution in [3.63, 3.8) is 0 Å². The Kier molecular flexibility index (Phi) is 3.40. The molecule has 0 bridgehead atoms. The summed E-state index contributed by atoms with van der Waals surface area (Å²) in [5, 5.41) is 10.7. The highest BCUT2D eigenvalue weighted by Gasteiger charge is 2.38. The third-order valence-corrected chi connectivity index (χ3v) is 3.43. The lowest BCUT2D eigenvalue weighted by Gasteiger charge is -2.22. The Hall–Kier alpha value is -2.14. The molecule has 1 fully saturated rings. The summed E-state index contributed by atoms with van der Waals surface area (Å²) in [4.78, 5) is 23.9. The van der Waals surface area contributed by atoms with Gasteiger partial charge in [0, 0.05) is 6.07 Å². The van der Waals surface area contributed by atoms with Crippen LogP contribution in [0.4, 0.5) is 14.5 Å². The Morgan fingerprint density at radius 1 is 1.32 bits per heavy atom. The summed E-state index contributed by atoms with van der Waals surface area (Å²) in [5.74, 6) is -2.81. The minimum absolute atomic E-state index is 0.152. The molecule has 1 aliphatic carbocycles. The summed E-state index contributed by atoms with van der Waals surface area (Å²) in [7, 11) is 0. The van der Waals surface area contributed by atoms with E-state index >= 15 is 0 Å². The van der Waals surface area contributed by atoms with Crippen molar-refractivity contribution in [2.75, 3.05) is 0 Å². The molecule has 0 amide bonds. The summed E-state index contributed by atoms with van der Waals surface area (Å²) < 4.78 is 26.7. The average molecular weight is 268 g/mol. The second-order valence-corrected chi connectivity index (χ2v) is 4.49. The van der Waals surface area contributed by atoms with E-state index in [4.69, 9.17) is 0 Å². The first kappa shape index (κ1) is 13.3. The van der Waals surface area contributed by atoms with Gasteiger partial charge in [-0.05, 0) is 24.5 Å². The fourth-order valence-corrected chi connectivity index (χ4v) is 2.49. The SMILES string of the molecule is O=C=NC1(c2cc(F)c(F)c([N+](=O)[O-])c2)CCCC1. The van der Waals surface area contributed by atoms with Crippen molar-refractivity contribution in [2.45, 2.75) is 31.2 Å². The third kappa shape index (κ3) is 2.24. The molecular formula is C12H10F2N2O3. The molecule has 1 saturated carbocycles. The maximum atomic E-state index is 13.4. The van der Waals surface area contributed by atoms with Gasteiger partial charge in [0.1, 0.15) is 0 Å². The second kappa shape index (κ2) is 4.85. The first-order chi connectivity index (χ1) is 9.00. The summed E-state index contributed by atoms with van der Waals surface area (Å²) in [5.41, 5.74) is -1.80. The highest BCUT2D eigenvalue weighted by Crippen LogP contribution is 2.43. The smallest absolute Gasteiger partial charge is 0.258 e. The molecule has 0 heterocycles. The maximum Gasteiger partial charge on any atom is 0.308 e. The van der Waals surface area contributed by atoms with Crippen LogP contribution in [-0.4, -0.2) is 11.0 Å². The molecule has 1 aliphatic rings. The normalized spacial score (nSPS) is 16.9. The number of benzene rings is 1. The van der Waals surface area contributed by atoms with Crippen molar-refractivity contribution in [3.8, 4) is 0 Å². The topological polar surface area (TPSA) is 72.6 Å². The van der Waals surface area contributed by atoms with Gasteiger partial charge in [-0.1, -0.05) is 12.8 Å². The van der Waals surface area contributed by atoms with Crippen LogP contribution in [0.5, 0.6) is 0 Å². The number of nitro groups is 1. The average Bonchev–Trinajstić information content (AvgIpc) is 2.82. The Labute approximate surface area is 107 Å². The lowest BCUT2D eigenvalue weighted by Crippen LogP contribution is -2.19. The van der Waals surface area contributed by atoms with E-state index in [9.17, 15) is 23.7 Å². The fourth-order valence-electron chi connectivity index (χ4n) is 2.49. The van der Waals surface area contributed by atoms with Crippen molar-refractivity contribution in [3.05, 3.63) is 39.4 Å². The number of rotatable bonds is 3. The molecule has 100 valence electrons. The summed E-state index contributed by atoms with van der Waals surface area (Å²) >= 11 is 0. The van der Waals surface area contributed by atoms with E-state index in [1.54, 1.807) is 0 Å². The zero-order valence-corrected chi connectivity index (χ0v) is 9.86. The predicted molar refractivity (Wildman–Crippen MR) is 61.3 cm³/mol. The lowest BCUT2D eigenvalue weighted by molar-refractivity contribution is -0.387. The number of halogens is 2. The lowest BCUT2D eigenvalue weighted by atomic mass is 9.88. The van der Waals surface area contributed by atoms with Crippen molar-refractivity contribution in [1.82, 2.24) is 0 Å². The second-order valence-electron chi connectivity index (χ2n) is 4.49. The quantitative estimate of drug-likeness (QED) is 0.366. The zero-order valence-electron chi connectivity index (χ0n) is 9.86. The van der Waals surface area contributed by atoms with E-state index in [2.05, 4.69) is 4.99 Å². The Morgan fingerprint density at radius 3 is 2.47 bits per heavy atom. The van der Waals surface area contributed by atoms with Crippen LogP contribution < -0.4 is 0 Å². The molecule has 0 saturated heterocycles. The van der Waals surface area contributed by atoms with Crippen LogP contribution in [0.3, 0.4) is 0 Å². The number of isocyanates is 1. The molecular weight excluding hydrogens is 258 g/mol. The van der Waals surface area contributed by atoms with Gasteiger partial charge in [0.2, 0.25) is 11.9 Å². The molecule has 0 radical (unpaired) electrons. The monoisotopic (exact) mass is 268 g/mol. The number of hydrogen-bond donors (Lipinski definition) is 0. The molecule has 5 nitrogen and oxygen atoms in total. The van der Waals surface area contributed by atoms with Crippen molar-refractivity contribution in [2.24, 2.45) is 4.99 Å². The fraction of sp³-hybridized carbons (Fsp3) is 0.417. The van der Waals surface area contributed by atoms with Crippen LogP contribution in [0, 0.1) is 21.7 Å². The zero-order chi connectivity index (χ0) is 14.0. The van der Waals surface area contributed by atoms with Crippen molar-refractivity contribution in [1.29, 1.82) is 0 Å². The van der Waals surface area contributed by atoms with Crippen LogP contribution in [-0.2, 0) is 10.3 Å². The van der Waals surface area contributed by atoms with Gasteiger partial charge in [-0.15, -0.1) is 0 Å². The largest absolute Gasteiger partial charge is 0.308 e. The molecule has 0 spiro atoms. The van der Waals surface area contributed by atoms with E-state index in [-0.39, 0.29) is 5.56 Å². The third-order valence-electron chi connectivity index (χ3n) is 3.43. The van der Waals surface area contributed by atoms with Crippen molar-refractivity contribution >= 4 is 11.8 Å². The van der Waals surface area contributed by atoms with Gasteiger partial charge in [-0.3, -0.25) is 10.1 Å². The van der Waals surface area contributed by atoms with Crippen LogP contribution >= 0.6 is 0 Å². The Bertz CT molecular complexity index is 577. The molecule has 0 atom stereocenters. The van der Waals surface area contributed by atoms with Crippen molar-refractivity contribution < 1.29 is 18.5 Å². The molecule has 7 heteroatoms. The number of carbonyl (C=O) groups excluding carboxylic acids is 1. The van der Waals surface area contributed by atoms with Crippen LogP contribution in [0.2, 0.25) is 0 Å². The van der Waals surface area contributed by atoms with E-state index in [0.29, 0.717) is 12.8 Å². The first-order valence-corrected chi connectivity index (χ1v) is 5.73. The molecule has 1 aromatic rings. The van der Waals surface area contributed by atoms with Gasteiger partial charge < -0.3 is 0 Å². The number of aliphatic imine (C=N–C) groups is 1. The van der Waals surface area contributed by atoms with Gasteiger partial charge in [0.05, 0.1) is 10.5 Å². The van der Waals surface area contributed by atoms with Gasteiger partial charge in [0.25, 0.3) is 0 Å². The molecule has 0 unspecified atom stereocenters. The van der Waals surface area contributed by atoms with Gasteiger partial charge in [-0.25, -0.2) is 9.18 Å². The number of hydrogen-bond acceptors (Lipinski definition) is 4. The van der Waals surface area contributed by atoms with E-state index in [1.165, 1.54) is 6.08 Å². The minimum Gasteiger partial charge on any atom is -0.258 e. The van der Waals surface area contributed by atoms with Gasteiger partial charge >= 0.3 is 5.69 Å². The molecule has 0 aliphatic heterocycles. The first-order valence-electron chi connectivity index (χ1n) is 5.73. The standard InChI is InChI=1S/C12H10F2N2O3/c13-9-5-8(6-10(11(9)14)16(18)19)12(15-7-17)3-1-2-4-12/h5-6H,1-4H2. The van der Waals surface area contributed by atoms with E-state index < -0.39 is 27.8 Å². The summed E-state index contributed by atoms with van der Waals surface area (Å²) in [6.45, 7) is 0. The van der Waals surface area contributed by atoms with Gasteiger partial charge in [-0.2, -0.15) is 9.38 Å². The number of nitrogens with zero attached hydrogens (tertiary/aromatic N) is 2. The molecule has 2 rings (SSSR count). The van der Waals surface area contributed by atoms with Crippen LogP contribution in [0.15, 0.2) is 17.1 Å². The Morgan fingerprint density at radius 2 is 1.95 bits per heavy atom. The summed E-state index contributed by atoms with van der Waals surface area (Å²) in [6.07, 6.45) is 3.87. The summed E-state index contributed by atoms with van der Waals surface area (Å²) in [6, 6.07) is 1.82. The van der Waals surface area contributed by atoms with E-state index in [0.717, 1.165) is 25.0 Å². The van der Waals surface area contributed by atoms with Crippen LogP contribution in [0.25, 0.3) is 0 Å². The Balaban J connectivity index is 2.61. The molecule has 0 aromatic heterocycles. The van der Waals surface area contributed by atoms with Crippen LogP contribution in [0.1, 0.15) is 31.2 Å².